The van der Waals surface area contributed by atoms with Gasteiger partial charge in [-0.25, -0.2) is 4.79 Å². The zero-order valence-electron chi connectivity index (χ0n) is 16.5. The number of fused-ring (bicyclic) bond motifs is 1. The summed E-state index contributed by atoms with van der Waals surface area (Å²) < 4.78 is 6.10. The van der Waals surface area contributed by atoms with Crippen LogP contribution in [0.15, 0.2) is 82.0 Å². The minimum absolute atomic E-state index is 0.00697. The second kappa shape index (κ2) is 8.56. The number of nitrogens with zero attached hydrogens (tertiary/aromatic N) is 2. The Balaban J connectivity index is 1.53. The van der Waals surface area contributed by atoms with Crippen LogP contribution in [0.1, 0.15) is 10.4 Å². The number of oxazole rings is 1. The minimum atomic E-state index is -0.818. The van der Waals surface area contributed by atoms with Gasteiger partial charge in [-0.2, -0.15) is 0 Å². The van der Waals surface area contributed by atoms with E-state index in [0.29, 0.717) is 16.9 Å². The van der Waals surface area contributed by atoms with Crippen LogP contribution in [0.5, 0.6) is 0 Å². The quantitative estimate of drug-likeness (QED) is 0.354. The van der Waals surface area contributed by atoms with Crippen LogP contribution in [0.3, 0.4) is 0 Å². The predicted molar refractivity (Wildman–Crippen MR) is 117 cm³/mol. The molecule has 0 saturated carbocycles. The summed E-state index contributed by atoms with van der Waals surface area (Å²) in [5, 5.41) is 16.3. The van der Waals surface area contributed by atoms with E-state index in [4.69, 9.17) is 4.42 Å². The minimum Gasteiger partial charge on any atom is -0.407 e. The molecule has 10 heteroatoms. The van der Waals surface area contributed by atoms with Gasteiger partial charge in [0.05, 0.1) is 27.9 Å². The first-order valence-electron chi connectivity index (χ1n) is 9.45. The fraction of sp³-hybridized carbons (Fsp3) is 0.0455. The largest absolute Gasteiger partial charge is 0.420 e. The molecule has 0 bridgehead atoms. The smallest absolute Gasteiger partial charge is 0.407 e. The van der Waals surface area contributed by atoms with Crippen molar-refractivity contribution >= 4 is 40.0 Å². The number of anilines is 2. The standard InChI is InChI=1S/C22H16N4O6/c27-20(13-25-18-11-10-15(26(30)31)12-19(18)32-22(25)29)23-16-8-4-5-9-17(16)24-21(28)14-6-2-1-3-7-14/h1-12H,13H2,(H,23,27)(H,24,28). The summed E-state index contributed by atoms with van der Waals surface area (Å²) in [4.78, 5) is 47.5. The molecule has 32 heavy (non-hydrogen) atoms. The molecule has 0 saturated heterocycles. The number of nitro benzene ring substituents is 1. The molecule has 2 amide bonds. The zero-order chi connectivity index (χ0) is 22.7. The number of aromatic nitrogens is 1. The van der Waals surface area contributed by atoms with Crippen molar-refractivity contribution in [3.8, 4) is 0 Å². The lowest BCUT2D eigenvalue weighted by Crippen LogP contribution is -2.25. The van der Waals surface area contributed by atoms with Crippen LogP contribution < -0.4 is 16.4 Å². The molecular weight excluding hydrogens is 416 g/mol. The SMILES string of the molecule is O=C(Cn1c(=O)oc2cc([N+](=O)[O-])ccc21)Nc1ccccc1NC(=O)c1ccccc1. The van der Waals surface area contributed by atoms with Crippen molar-refractivity contribution in [2.24, 2.45) is 0 Å². The molecule has 1 heterocycles. The van der Waals surface area contributed by atoms with E-state index in [1.54, 1.807) is 54.6 Å². The molecule has 0 aliphatic carbocycles. The van der Waals surface area contributed by atoms with E-state index in [-0.39, 0.29) is 29.2 Å². The van der Waals surface area contributed by atoms with Gasteiger partial charge in [-0.1, -0.05) is 30.3 Å². The number of para-hydroxylation sites is 2. The Morgan fingerprint density at radius 1 is 0.938 bits per heavy atom. The van der Waals surface area contributed by atoms with Crippen molar-refractivity contribution in [3.05, 3.63) is 99.0 Å². The van der Waals surface area contributed by atoms with E-state index >= 15 is 0 Å². The lowest BCUT2D eigenvalue weighted by molar-refractivity contribution is -0.384. The number of amides is 2. The van der Waals surface area contributed by atoms with Gasteiger partial charge in [0.25, 0.3) is 11.6 Å². The molecule has 3 aromatic carbocycles. The number of benzene rings is 3. The average molecular weight is 432 g/mol. The summed E-state index contributed by atoms with van der Waals surface area (Å²) in [5.41, 5.74) is 1.21. The summed E-state index contributed by atoms with van der Waals surface area (Å²) in [6.45, 7) is -0.384. The maximum Gasteiger partial charge on any atom is 0.420 e. The van der Waals surface area contributed by atoms with Crippen LogP contribution >= 0.6 is 0 Å². The first-order valence-corrected chi connectivity index (χ1v) is 9.45. The number of rotatable bonds is 6. The summed E-state index contributed by atoms with van der Waals surface area (Å²) in [6.07, 6.45) is 0. The van der Waals surface area contributed by atoms with Crippen LogP contribution in [0.4, 0.5) is 17.1 Å². The van der Waals surface area contributed by atoms with Gasteiger partial charge >= 0.3 is 5.76 Å². The number of non-ortho nitro benzene ring substituents is 1. The third-order valence-electron chi connectivity index (χ3n) is 4.65. The Bertz CT molecular complexity index is 1390. The highest BCUT2D eigenvalue weighted by atomic mass is 16.6. The number of carbonyl (C=O) groups excluding carboxylic acids is 2. The zero-order valence-corrected chi connectivity index (χ0v) is 16.5. The number of carbonyl (C=O) groups is 2. The van der Waals surface area contributed by atoms with Crippen molar-refractivity contribution in [1.29, 1.82) is 0 Å². The third kappa shape index (κ3) is 4.24. The molecule has 1 aromatic heterocycles. The van der Waals surface area contributed by atoms with Crippen LogP contribution in [-0.4, -0.2) is 21.3 Å². The number of nitrogens with one attached hydrogen (secondary N) is 2. The molecule has 0 spiro atoms. The van der Waals surface area contributed by atoms with Gasteiger partial charge in [-0.3, -0.25) is 24.3 Å². The average Bonchev–Trinajstić information content (AvgIpc) is 3.09. The number of hydrogen-bond acceptors (Lipinski definition) is 6. The van der Waals surface area contributed by atoms with Gasteiger partial charge in [-0.05, 0) is 30.3 Å². The molecule has 4 rings (SSSR count). The first-order chi connectivity index (χ1) is 15.4. The summed E-state index contributed by atoms with van der Waals surface area (Å²) >= 11 is 0. The number of nitro groups is 1. The van der Waals surface area contributed by atoms with E-state index in [1.807, 2.05) is 0 Å². The van der Waals surface area contributed by atoms with E-state index in [2.05, 4.69) is 10.6 Å². The van der Waals surface area contributed by atoms with Gasteiger partial charge in [0.15, 0.2) is 5.58 Å². The van der Waals surface area contributed by atoms with E-state index in [1.165, 1.54) is 12.1 Å². The van der Waals surface area contributed by atoms with Crippen LogP contribution in [0, 0.1) is 10.1 Å². The molecule has 10 nitrogen and oxygen atoms in total. The van der Waals surface area contributed by atoms with Crippen molar-refractivity contribution in [1.82, 2.24) is 4.57 Å². The Hall–Kier alpha value is -4.73. The van der Waals surface area contributed by atoms with E-state index < -0.39 is 16.6 Å². The van der Waals surface area contributed by atoms with Crippen LogP contribution in [-0.2, 0) is 11.3 Å². The first kappa shape index (κ1) is 20.5. The van der Waals surface area contributed by atoms with Crippen molar-refractivity contribution in [2.75, 3.05) is 10.6 Å². The maximum atomic E-state index is 12.6. The van der Waals surface area contributed by atoms with Gasteiger partial charge in [0.1, 0.15) is 6.54 Å². The lowest BCUT2D eigenvalue weighted by Gasteiger charge is -2.12. The molecule has 2 N–H and O–H groups in total. The third-order valence-corrected chi connectivity index (χ3v) is 4.65. The fourth-order valence-corrected chi connectivity index (χ4v) is 3.14. The second-order valence-corrected chi connectivity index (χ2v) is 6.78. The molecule has 0 aliphatic rings. The molecular formula is C22H16N4O6. The van der Waals surface area contributed by atoms with Gasteiger partial charge in [0, 0.05) is 11.6 Å². The molecule has 160 valence electrons. The van der Waals surface area contributed by atoms with E-state index in [0.717, 1.165) is 10.6 Å². The van der Waals surface area contributed by atoms with Crippen molar-refractivity contribution < 1.29 is 18.9 Å². The van der Waals surface area contributed by atoms with Crippen molar-refractivity contribution in [3.63, 3.8) is 0 Å². The highest BCUT2D eigenvalue weighted by Crippen LogP contribution is 2.23. The predicted octanol–water partition coefficient (Wildman–Crippen LogP) is 3.39. The Labute approximate surface area is 180 Å². The maximum absolute atomic E-state index is 12.6. The Morgan fingerprint density at radius 3 is 2.28 bits per heavy atom. The monoisotopic (exact) mass is 432 g/mol. The number of hydrogen-bond donors (Lipinski definition) is 2. The van der Waals surface area contributed by atoms with E-state index in [9.17, 15) is 24.5 Å². The van der Waals surface area contributed by atoms with Gasteiger partial charge in [-0.15, -0.1) is 0 Å². The molecule has 4 aromatic rings. The van der Waals surface area contributed by atoms with Gasteiger partial charge in [0.2, 0.25) is 5.91 Å². The summed E-state index contributed by atoms with van der Waals surface area (Å²) in [7, 11) is 0. The normalized spacial score (nSPS) is 10.6. The summed E-state index contributed by atoms with van der Waals surface area (Å²) in [5.74, 6) is -1.71. The molecule has 0 fully saturated rings. The Kier molecular flexibility index (Phi) is 5.49. The summed E-state index contributed by atoms with van der Waals surface area (Å²) in [6, 6.07) is 18.9. The molecule has 0 radical (unpaired) electrons. The van der Waals surface area contributed by atoms with Gasteiger partial charge < -0.3 is 15.1 Å². The fourth-order valence-electron chi connectivity index (χ4n) is 3.14. The highest BCUT2D eigenvalue weighted by molar-refractivity contribution is 6.07. The molecule has 0 unspecified atom stereocenters. The van der Waals surface area contributed by atoms with Crippen LogP contribution in [0.2, 0.25) is 0 Å². The highest BCUT2D eigenvalue weighted by Gasteiger charge is 2.17. The Morgan fingerprint density at radius 2 is 1.59 bits per heavy atom. The molecule has 0 atom stereocenters. The second-order valence-electron chi connectivity index (χ2n) is 6.78. The topological polar surface area (TPSA) is 136 Å². The molecule has 0 aliphatic heterocycles. The van der Waals surface area contributed by atoms with Crippen molar-refractivity contribution in [2.45, 2.75) is 6.54 Å². The van der Waals surface area contributed by atoms with Crippen LogP contribution in [0.25, 0.3) is 11.1 Å². The lowest BCUT2D eigenvalue weighted by atomic mass is 10.2.